The molecule has 11 heteroatoms. The highest BCUT2D eigenvalue weighted by Crippen LogP contribution is 2.77. The lowest BCUT2D eigenvalue weighted by Crippen LogP contribution is -2.66. The van der Waals surface area contributed by atoms with E-state index in [0.29, 0.717) is 43.5 Å². The van der Waals surface area contributed by atoms with Gasteiger partial charge in [0.2, 0.25) is 0 Å². The number of carbonyl (C=O) groups is 4. The van der Waals surface area contributed by atoms with Gasteiger partial charge >= 0.3 is 11.9 Å². The number of aromatic amines is 1. The van der Waals surface area contributed by atoms with Crippen LogP contribution in [-0.4, -0.2) is 74.9 Å². The van der Waals surface area contributed by atoms with E-state index in [9.17, 15) is 29.4 Å². The Bertz CT molecular complexity index is 1910. The van der Waals surface area contributed by atoms with Gasteiger partial charge in [-0.1, -0.05) is 67.9 Å². The summed E-state index contributed by atoms with van der Waals surface area (Å²) in [6.45, 7) is 26.8. The first kappa shape index (κ1) is 44.0. The molecule has 0 bridgehead atoms. The van der Waals surface area contributed by atoms with Gasteiger partial charge in [-0.25, -0.2) is 0 Å². The third-order valence-electron chi connectivity index (χ3n) is 18.5. The van der Waals surface area contributed by atoms with E-state index in [4.69, 9.17) is 4.74 Å². The molecule has 0 saturated heterocycles. The highest BCUT2D eigenvalue weighted by molar-refractivity contribution is 6.01. The highest BCUT2D eigenvalue weighted by atomic mass is 16.5. The van der Waals surface area contributed by atoms with Crippen molar-refractivity contribution in [2.24, 2.45) is 68.0 Å². The normalized spacial score (nSPS) is 39.0. The number of esters is 1. The lowest BCUT2D eigenvalue weighted by Gasteiger charge is -2.72. The SMILES string of the molecule is Cc1cc(C(=O)NC(C)(C)CNC[C@H](O)[C@@]23CC[C@]4(C)[C@H](CC[C@@H]5[C@@]6(C)CC[C@H](OC(=O)[C@H]7C[C@@H](C(=O)O)C7(C)C)C(C)(C)[C@@H]6CC[C@]54C)C2=C(C(C)C)C(=O)C3)[nH]n1. The number of ketones is 1. The smallest absolute Gasteiger partial charge is 0.309 e. The van der Waals surface area contributed by atoms with Crippen molar-refractivity contribution in [3.8, 4) is 0 Å². The molecule has 0 unspecified atom stereocenters. The number of H-pyrrole nitrogens is 1. The molecule has 328 valence electrons. The molecule has 0 aromatic carbocycles. The topological polar surface area (TPSA) is 171 Å². The fraction of sp³-hybridized carbons (Fsp3) is 0.812. The first-order chi connectivity index (χ1) is 27.3. The van der Waals surface area contributed by atoms with Crippen LogP contribution in [0.25, 0.3) is 0 Å². The van der Waals surface area contributed by atoms with Crippen molar-refractivity contribution in [1.29, 1.82) is 0 Å². The van der Waals surface area contributed by atoms with Crippen molar-refractivity contribution >= 4 is 23.6 Å². The molecule has 1 amide bonds. The molecule has 11 nitrogen and oxygen atoms in total. The van der Waals surface area contributed by atoms with Crippen molar-refractivity contribution in [2.45, 2.75) is 165 Å². The van der Waals surface area contributed by atoms with Gasteiger partial charge in [0.1, 0.15) is 11.8 Å². The fourth-order valence-electron chi connectivity index (χ4n) is 14.9. The molecule has 5 fully saturated rings. The number of hydrogen-bond acceptors (Lipinski definition) is 8. The van der Waals surface area contributed by atoms with E-state index in [1.807, 2.05) is 34.6 Å². The lowest BCUT2D eigenvalue weighted by atomic mass is 9.33. The van der Waals surface area contributed by atoms with Crippen molar-refractivity contribution < 1.29 is 34.1 Å². The van der Waals surface area contributed by atoms with Gasteiger partial charge in [-0.3, -0.25) is 24.3 Å². The summed E-state index contributed by atoms with van der Waals surface area (Å²) in [7, 11) is 0. The molecule has 1 aromatic rings. The molecule has 0 spiro atoms. The number of amides is 1. The second-order valence-corrected chi connectivity index (χ2v) is 23.0. The lowest BCUT2D eigenvalue weighted by molar-refractivity contribution is -0.238. The number of ether oxygens (including phenoxy) is 1. The average molecular weight is 819 g/mol. The standard InChI is InChI=1S/C48H74N4O7/c1-26(2)37-32(53)23-48(35(54)24-49-25-42(4,5)50-39(55)31-21-27(3)51-52-31)20-19-46(11)28(38(37)48)13-14-34-45(10)17-16-36(44(8,9)33(45)15-18-47(34,46)12)59-41(58)30-22-29(40(56)57)43(30,6)7/h21,26,28-30,33-36,49,54H,13-20,22-25H2,1-12H3,(H,50,55)(H,51,52)(H,56,57)/t28-,29+,30-,33+,34-,35+,36+,45+,46-,47-,48+/m1/s1. The molecule has 0 radical (unpaired) electrons. The van der Waals surface area contributed by atoms with Crippen molar-refractivity contribution in [1.82, 2.24) is 20.8 Å². The quantitative estimate of drug-likeness (QED) is 0.140. The van der Waals surface area contributed by atoms with Crippen LogP contribution >= 0.6 is 0 Å². The number of fused-ring (bicyclic) bond motifs is 7. The van der Waals surface area contributed by atoms with Gasteiger partial charge in [-0.2, -0.15) is 5.10 Å². The summed E-state index contributed by atoms with van der Waals surface area (Å²) in [5.41, 5.74) is 1.32. The highest BCUT2D eigenvalue weighted by Gasteiger charge is 2.71. The first-order valence-electron chi connectivity index (χ1n) is 22.7. The van der Waals surface area contributed by atoms with Gasteiger partial charge in [-0.15, -0.1) is 0 Å². The van der Waals surface area contributed by atoms with E-state index >= 15 is 0 Å². The fourth-order valence-corrected chi connectivity index (χ4v) is 14.9. The molecule has 6 aliphatic rings. The summed E-state index contributed by atoms with van der Waals surface area (Å²) >= 11 is 0. The third kappa shape index (κ3) is 6.67. The summed E-state index contributed by atoms with van der Waals surface area (Å²) in [5, 5.41) is 35.4. The Hall–Kier alpha value is -3.05. The van der Waals surface area contributed by atoms with Crippen LogP contribution in [-0.2, 0) is 19.1 Å². The molecule has 0 aliphatic heterocycles. The molecule has 1 heterocycles. The van der Waals surface area contributed by atoms with Crippen LogP contribution in [0.5, 0.6) is 0 Å². The number of carbonyl (C=O) groups excluding carboxylic acids is 3. The predicted octanol–water partition coefficient (Wildman–Crippen LogP) is 7.82. The Balaban J connectivity index is 1.09. The van der Waals surface area contributed by atoms with Crippen molar-refractivity contribution in [3.63, 3.8) is 0 Å². The Morgan fingerprint density at radius 3 is 2.24 bits per heavy atom. The first-order valence-corrected chi connectivity index (χ1v) is 22.7. The summed E-state index contributed by atoms with van der Waals surface area (Å²) in [4.78, 5) is 52.6. The number of allylic oxidation sites excluding steroid dienone is 1. The van der Waals surface area contributed by atoms with Gasteiger partial charge in [-0.05, 0) is 136 Å². The second kappa shape index (κ2) is 14.5. The Morgan fingerprint density at radius 1 is 0.932 bits per heavy atom. The van der Waals surface area contributed by atoms with E-state index in [-0.39, 0.29) is 57.3 Å². The summed E-state index contributed by atoms with van der Waals surface area (Å²) in [5.74, 6) is -0.910. The van der Waals surface area contributed by atoms with E-state index in [1.165, 1.54) is 5.57 Å². The molecule has 7 rings (SSSR count). The van der Waals surface area contributed by atoms with Crippen molar-refractivity contribution in [3.05, 3.63) is 28.6 Å². The molecule has 5 N–H and O–H groups in total. The molecule has 6 aliphatic carbocycles. The number of aliphatic hydroxyl groups is 1. The van der Waals surface area contributed by atoms with E-state index in [1.54, 1.807) is 6.07 Å². The number of carboxylic acid groups (broad SMARTS) is 1. The number of hydrogen-bond donors (Lipinski definition) is 5. The van der Waals surface area contributed by atoms with Gasteiger partial charge in [0.15, 0.2) is 5.78 Å². The zero-order valence-electron chi connectivity index (χ0n) is 38.1. The minimum absolute atomic E-state index is 0.0219. The zero-order valence-corrected chi connectivity index (χ0v) is 38.1. The summed E-state index contributed by atoms with van der Waals surface area (Å²) < 4.78 is 6.42. The zero-order chi connectivity index (χ0) is 43.5. The molecule has 5 saturated carbocycles. The average Bonchev–Trinajstić information content (AvgIpc) is 3.69. The van der Waals surface area contributed by atoms with Crippen LogP contribution < -0.4 is 10.6 Å². The largest absolute Gasteiger partial charge is 0.481 e. The van der Waals surface area contributed by atoms with Crippen LogP contribution in [0.3, 0.4) is 0 Å². The molecular weight excluding hydrogens is 745 g/mol. The monoisotopic (exact) mass is 819 g/mol. The third-order valence-corrected chi connectivity index (χ3v) is 18.5. The summed E-state index contributed by atoms with van der Waals surface area (Å²) in [6, 6.07) is 1.72. The molecule has 11 atom stereocenters. The maximum absolute atomic E-state index is 14.2. The van der Waals surface area contributed by atoms with Crippen LogP contribution in [0.4, 0.5) is 0 Å². The van der Waals surface area contributed by atoms with Crippen LogP contribution in [0, 0.1) is 74.9 Å². The molecular formula is C48H74N4O7. The number of Topliss-reactive ketones (excluding diaryl/α,β-unsaturated/α-hetero) is 1. The number of nitrogens with one attached hydrogen (secondary N) is 3. The van der Waals surface area contributed by atoms with Gasteiger partial charge in [0.05, 0.1) is 23.6 Å². The molecule has 59 heavy (non-hydrogen) atoms. The van der Waals surface area contributed by atoms with E-state index < -0.39 is 40.3 Å². The van der Waals surface area contributed by atoms with Gasteiger partial charge in [0, 0.05) is 35.9 Å². The van der Waals surface area contributed by atoms with E-state index in [2.05, 4.69) is 69.3 Å². The van der Waals surface area contributed by atoms with Crippen LogP contribution in [0.15, 0.2) is 17.2 Å². The number of aliphatic hydroxyl groups excluding tert-OH is 1. The molecule has 1 aromatic heterocycles. The van der Waals surface area contributed by atoms with E-state index in [0.717, 1.165) is 62.6 Å². The Morgan fingerprint density at radius 2 is 1.63 bits per heavy atom. The minimum atomic E-state index is -0.838. The number of carboxylic acids is 1. The maximum Gasteiger partial charge on any atom is 0.309 e. The number of rotatable bonds is 11. The van der Waals surface area contributed by atoms with Crippen LogP contribution in [0.1, 0.15) is 157 Å². The minimum Gasteiger partial charge on any atom is -0.481 e. The summed E-state index contributed by atoms with van der Waals surface area (Å²) in [6.07, 6.45) is 7.42. The Kier molecular flexibility index (Phi) is 10.8. The van der Waals surface area contributed by atoms with Gasteiger partial charge < -0.3 is 25.6 Å². The van der Waals surface area contributed by atoms with Crippen molar-refractivity contribution in [2.75, 3.05) is 13.1 Å². The number of nitrogens with zero attached hydrogens (tertiary/aromatic N) is 1. The van der Waals surface area contributed by atoms with Gasteiger partial charge in [0.25, 0.3) is 5.91 Å². The number of aromatic nitrogens is 2. The number of aryl methyl sites for hydroxylation is 1. The second-order valence-electron chi connectivity index (χ2n) is 23.0. The Labute approximate surface area is 352 Å². The predicted molar refractivity (Wildman–Crippen MR) is 226 cm³/mol. The maximum atomic E-state index is 14.2. The van der Waals surface area contributed by atoms with Crippen LogP contribution in [0.2, 0.25) is 0 Å². The number of aliphatic carboxylic acids is 1.